The average Bonchev–Trinajstić information content (AvgIpc) is 3.29. The van der Waals surface area contributed by atoms with Gasteiger partial charge in [0.2, 0.25) is 15.9 Å². The minimum absolute atomic E-state index is 0.233. The summed E-state index contributed by atoms with van der Waals surface area (Å²) in [5.74, 6) is -0.233. The van der Waals surface area contributed by atoms with Gasteiger partial charge in [0.25, 0.3) is 0 Å². The van der Waals surface area contributed by atoms with Crippen LogP contribution in [0.4, 0.5) is 11.4 Å². The Balaban J connectivity index is 1.59. The van der Waals surface area contributed by atoms with Crippen LogP contribution in [0.15, 0.2) is 59.5 Å². The van der Waals surface area contributed by atoms with Gasteiger partial charge in [0.15, 0.2) is 0 Å². The van der Waals surface area contributed by atoms with Gasteiger partial charge in [-0.15, -0.1) is 0 Å². The number of nitrogens with one attached hydrogen (secondary N) is 1. The molecule has 1 N–H and O–H groups in total. The fourth-order valence-electron chi connectivity index (χ4n) is 3.55. The van der Waals surface area contributed by atoms with E-state index < -0.39 is 10.0 Å². The Morgan fingerprint density at radius 2 is 1.60 bits per heavy atom. The standard InChI is InChI=1S/C23H29N3O3S/c1-3-26(4-2)30(28,29)22-14-7-19(8-15-22)9-16-23(27)24-20-10-12-21(13-11-20)25-17-5-6-18-25/h7-16H,3-6,17-18H2,1-2H3,(H,24,27)/b16-9+. The molecule has 1 heterocycles. The van der Waals surface area contributed by atoms with Crippen molar-refractivity contribution in [3.63, 3.8) is 0 Å². The van der Waals surface area contributed by atoms with Gasteiger partial charge in [-0.1, -0.05) is 26.0 Å². The van der Waals surface area contributed by atoms with Gasteiger partial charge in [-0.3, -0.25) is 4.79 Å². The fourth-order valence-corrected chi connectivity index (χ4v) is 5.01. The van der Waals surface area contributed by atoms with Crippen LogP contribution in [0.5, 0.6) is 0 Å². The van der Waals surface area contributed by atoms with Crippen molar-refractivity contribution in [1.82, 2.24) is 4.31 Å². The molecule has 0 atom stereocenters. The highest BCUT2D eigenvalue weighted by Crippen LogP contribution is 2.22. The molecule has 1 fully saturated rings. The van der Waals surface area contributed by atoms with E-state index >= 15 is 0 Å². The number of hydrogen-bond acceptors (Lipinski definition) is 4. The molecule has 1 aliphatic heterocycles. The summed E-state index contributed by atoms with van der Waals surface area (Å²) in [6.07, 6.45) is 5.57. The summed E-state index contributed by atoms with van der Waals surface area (Å²) in [4.78, 5) is 14.8. The molecular formula is C23H29N3O3S. The molecule has 7 heteroatoms. The second kappa shape index (κ2) is 9.91. The Hall–Kier alpha value is -2.64. The van der Waals surface area contributed by atoms with Crippen LogP contribution in [0.3, 0.4) is 0 Å². The van der Waals surface area contributed by atoms with E-state index in [4.69, 9.17) is 0 Å². The van der Waals surface area contributed by atoms with Crippen molar-refractivity contribution < 1.29 is 13.2 Å². The van der Waals surface area contributed by atoms with Gasteiger partial charge in [0.1, 0.15) is 0 Å². The van der Waals surface area contributed by atoms with Gasteiger partial charge < -0.3 is 10.2 Å². The summed E-state index contributed by atoms with van der Waals surface area (Å²) in [6.45, 7) is 6.67. The largest absolute Gasteiger partial charge is 0.372 e. The van der Waals surface area contributed by atoms with E-state index in [-0.39, 0.29) is 10.8 Å². The van der Waals surface area contributed by atoms with Crippen LogP contribution in [-0.4, -0.2) is 44.8 Å². The van der Waals surface area contributed by atoms with E-state index in [0.29, 0.717) is 13.1 Å². The lowest BCUT2D eigenvalue weighted by Crippen LogP contribution is -2.30. The second-order valence-corrected chi connectivity index (χ2v) is 9.16. The summed E-state index contributed by atoms with van der Waals surface area (Å²) in [7, 11) is -3.47. The number of carbonyl (C=O) groups is 1. The Labute approximate surface area is 179 Å². The fraction of sp³-hybridized carbons (Fsp3) is 0.348. The molecule has 30 heavy (non-hydrogen) atoms. The lowest BCUT2D eigenvalue weighted by Gasteiger charge is -2.18. The SMILES string of the molecule is CCN(CC)S(=O)(=O)c1ccc(/C=C/C(=O)Nc2ccc(N3CCCC3)cc2)cc1. The molecule has 0 aliphatic carbocycles. The quantitative estimate of drug-likeness (QED) is 0.647. The van der Waals surface area contributed by atoms with Crippen molar-refractivity contribution in [2.75, 3.05) is 36.4 Å². The first-order valence-electron chi connectivity index (χ1n) is 10.4. The van der Waals surface area contributed by atoms with Crippen LogP contribution in [0, 0.1) is 0 Å². The first-order chi connectivity index (χ1) is 14.4. The zero-order valence-corrected chi connectivity index (χ0v) is 18.4. The van der Waals surface area contributed by atoms with E-state index in [1.165, 1.54) is 28.9 Å². The average molecular weight is 428 g/mol. The smallest absolute Gasteiger partial charge is 0.248 e. The minimum atomic E-state index is -3.47. The molecule has 3 rings (SSSR count). The number of anilines is 2. The maximum Gasteiger partial charge on any atom is 0.248 e. The molecule has 2 aromatic carbocycles. The molecule has 6 nitrogen and oxygen atoms in total. The summed E-state index contributed by atoms with van der Waals surface area (Å²) >= 11 is 0. The summed E-state index contributed by atoms with van der Waals surface area (Å²) < 4.78 is 26.5. The molecule has 0 spiro atoms. The van der Waals surface area contributed by atoms with Crippen LogP contribution in [0.2, 0.25) is 0 Å². The Bertz CT molecular complexity index is 973. The zero-order valence-electron chi connectivity index (χ0n) is 17.5. The van der Waals surface area contributed by atoms with Crippen LogP contribution < -0.4 is 10.2 Å². The molecule has 0 aromatic heterocycles. The molecule has 160 valence electrons. The highest BCUT2D eigenvalue weighted by Gasteiger charge is 2.20. The lowest BCUT2D eigenvalue weighted by atomic mass is 10.2. The molecule has 0 bridgehead atoms. The van der Waals surface area contributed by atoms with Crippen molar-refractivity contribution in [2.45, 2.75) is 31.6 Å². The topological polar surface area (TPSA) is 69.7 Å². The van der Waals surface area contributed by atoms with Gasteiger partial charge in [-0.25, -0.2) is 8.42 Å². The Morgan fingerprint density at radius 1 is 1.00 bits per heavy atom. The summed E-state index contributed by atoms with van der Waals surface area (Å²) in [5, 5.41) is 2.85. The van der Waals surface area contributed by atoms with Gasteiger partial charge in [-0.05, 0) is 60.9 Å². The van der Waals surface area contributed by atoms with Gasteiger partial charge >= 0.3 is 0 Å². The number of amides is 1. The van der Waals surface area contributed by atoms with Crippen molar-refractivity contribution in [3.05, 3.63) is 60.2 Å². The highest BCUT2D eigenvalue weighted by molar-refractivity contribution is 7.89. The Kier molecular flexibility index (Phi) is 7.29. The van der Waals surface area contributed by atoms with Gasteiger partial charge in [0, 0.05) is 43.6 Å². The normalized spacial score (nSPS) is 14.6. The van der Waals surface area contributed by atoms with Gasteiger partial charge in [0.05, 0.1) is 4.90 Å². The van der Waals surface area contributed by atoms with Crippen molar-refractivity contribution >= 4 is 33.4 Å². The third-order valence-corrected chi connectivity index (χ3v) is 7.32. The molecule has 0 unspecified atom stereocenters. The van der Waals surface area contributed by atoms with Crippen molar-refractivity contribution in [1.29, 1.82) is 0 Å². The predicted molar refractivity (Wildman–Crippen MR) is 122 cm³/mol. The maximum atomic E-state index is 12.5. The van der Waals surface area contributed by atoms with E-state index in [9.17, 15) is 13.2 Å². The van der Waals surface area contributed by atoms with Crippen LogP contribution in [0.1, 0.15) is 32.3 Å². The summed E-state index contributed by atoms with van der Waals surface area (Å²) in [5.41, 5.74) is 2.68. The zero-order chi connectivity index (χ0) is 21.6. The van der Waals surface area contributed by atoms with Crippen LogP contribution in [0.25, 0.3) is 6.08 Å². The molecule has 0 radical (unpaired) electrons. The molecule has 1 amide bonds. The number of sulfonamides is 1. The monoisotopic (exact) mass is 427 g/mol. The Morgan fingerprint density at radius 3 is 2.17 bits per heavy atom. The molecule has 1 aliphatic rings. The molecule has 0 saturated carbocycles. The number of carbonyl (C=O) groups excluding carboxylic acids is 1. The number of nitrogens with zero attached hydrogens (tertiary/aromatic N) is 2. The highest BCUT2D eigenvalue weighted by atomic mass is 32.2. The predicted octanol–water partition coefficient (Wildman–Crippen LogP) is 3.97. The lowest BCUT2D eigenvalue weighted by molar-refractivity contribution is -0.111. The van der Waals surface area contributed by atoms with E-state index in [1.807, 2.05) is 38.1 Å². The number of benzene rings is 2. The molecule has 2 aromatic rings. The third kappa shape index (κ3) is 5.29. The summed E-state index contributed by atoms with van der Waals surface area (Å²) in [6, 6.07) is 14.4. The van der Waals surface area contributed by atoms with Crippen LogP contribution >= 0.6 is 0 Å². The van der Waals surface area contributed by atoms with Crippen molar-refractivity contribution in [3.8, 4) is 0 Å². The first kappa shape index (κ1) is 22.1. The minimum Gasteiger partial charge on any atom is -0.372 e. The third-order valence-electron chi connectivity index (χ3n) is 5.26. The van der Waals surface area contributed by atoms with E-state index in [2.05, 4.69) is 10.2 Å². The van der Waals surface area contributed by atoms with Crippen LogP contribution in [-0.2, 0) is 14.8 Å². The number of rotatable bonds is 8. The second-order valence-electron chi connectivity index (χ2n) is 7.22. The first-order valence-corrected chi connectivity index (χ1v) is 11.8. The molecular weight excluding hydrogens is 398 g/mol. The van der Waals surface area contributed by atoms with E-state index in [0.717, 1.165) is 24.3 Å². The van der Waals surface area contributed by atoms with Crippen molar-refractivity contribution in [2.24, 2.45) is 0 Å². The number of hydrogen-bond donors (Lipinski definition) is 1. The molecule has 1 saturated heterocycles. The van der Waals surface area contributed by atoms with Gasteiger partial charge in [-0.2, -0.15) is 4.31 Å². The maximum absolute atomic E-state index is 12.5. The van der Waals surface area contributed by atoms with E-state index in [1.54, 1.807) is 30.3 Å².